The molecule has 0 spiro atoms. The van der Waals surface area contributed by atoms with Crippen molar-refractivity contribution in [2.24, 2.45) is 0 Å². The lowest BCUT2D eigenvalue weighted by Gasteiger charge is -2.03. The molecule has 0 aliphatic heterocycles. The van der Waals surface area contributed by atoms with Gasteiger partial charge >= 0.3 is 0 Å². The second-order valence-corrected chi connectivity index (χ2v) is 4.34. The minimum absolute atomic E-state index is 0.774. The lowest BCUT2D eigenvalue weighted by atomic mass is 10.0. The van der Waals surface area contributed by atoms with Crippen molar-refractivity contribution in [2.75, 3.05) is 0 Å². The molecule has 0 N–H and O–H groups in total. The largest absolute Gasteiger partial charge is 0.0876 e. The van der Waals surface area contributed by atoms with Crippen molar-refractivity contribution in [2.45, 2.75) is 5.33 Å². The molecule has 76 valence electrons. The molecule has 2 aromatic rings. The molecule has 2 rings (SSSR count). The van der Waals surface area contributed by atoms with Gasteiger partial charge < -0.3 is 0 Å². The maximum absolute atomic E-state index is 5.85. The van der Waals surface area contributed by atoms with Gasteiger partial charge in [-0.1, -0.05) is 63.9 Å². The standard InChI is InChI=1S/C13H10BrCl/c14-9-10-2-1-3-12(8-10)11-4-6-13(15)7-5-11/h1-8H,9H2. The molecule has 2 heteroatoms. The molecule has 0 amide bonds. The van der Waals surface area contributed by atoms with E-state index in [1.165, 1.54) is 16.7 Å². The molecule has 0 unspecified atom stereocenters. The summed E-state index contributed by atoms with van der Waals surface area (Å²) in [6.07, 6.45) is 0. The Morgan fingerprint density at radius 1 is 0.933 bits per heavy atom. The van der Waals surface area contributed by atoms with Crippen LogP contribution < -0.4 is 0 Å². The van der Waals surface area contributed by atoms with E-state index in [0.717, 1.165) is 10.4 Å². The fourth-order valence-corrected chi connectivity index (χ4v) is 1.95. The molecule has 15 heavy (non-hydrogen) atoms. The van der Waals surface area contributed by atoms with Crippen molar-refractivity contribution in [3.05, 3.63) is 59.1 Å². The summed E-state index contributed by atoms with van der Waals surface area (Å²) in [7, 11) is 0. The summed E-state index contributed by atoms with van der Waals surface area (Å²) in [4.78, 5) is 0. The molecule has 0 aliphatic carbocycles. The Labute approximate surface area is 103 Å². The Morgan fingerprint density at radius 2 is 1.67 bits per heavy atom. The number of hydrogen-bond donors (Lipinski definition) is 0. The van der Waals surface area contributed by atoms with Crippen molar-refractivity contribution < 1.29 is 0 Å². The molecule has 0 bridgehead atoms. The van der Waals surface area contributed by atoms with Crippen LogP contribution in [0.3, 0.4) is 0 Å². The average Bonchev–Trinajstić information content (AvgIpc) is 2.30. The summed E-state index contributed by atoms with van der Waals surface area (Å²) >= 11 is 9.30. The van der Waals surface area contributed by atoms with E-state index in [1.807, 2.05) is 24.3 Å². The first-order chi connectivity index (χ1) is 7.29. The summed E-state index contributed by atoms with van der Waals surface area (Å²) in [6.45, 7) is 0. The van der Waals surface area contributed by atoms with Gasteiger partial charge in [0.2, 0.25) is 0 Å². The minimum atomic E-state index is 0.774. The lowest BCUT2D eigenvalue weighted by Crippen LogP contribution is -1.80. The van der Waals surface area contributed by atoms with Crippen LogP contribution in [0.5, 0.6) is 0 Å². The Hall–Kier alpha value is -0.790. The topological polar surface area (TPSA) is 0 Å². The van der Waals surface area contributed by atoms with E-state index in [1.54, 1.807) is 0 Å². The van der Waals surface area contributed by atoms with Gasteiger partial charge in [-0.2, -0.15) is 0 Å². The van der Waals surface area contributed by atoms with Crippen LogP contribution in [-0.2, 0) is 5.33 Å². The van der Waals surface area contributed by atoms with Gasteiger partial charge in [0.25, 0.3) is 0 Å². The molecule has 0 nitrogen and oxygen atoms in total. The first-order valence-electron chi connectivity index (χ1n) is 4.70. The molecule has 0 aromatic heterocycles. The quantitative estimate of drug-likeness (QED) is 0.687. The van der Waals surface area contributed by atoms with Crippen LogP contribution >= 0.6 is 27.5 Å². The van der Waals surface area contributed by atoms with Crippen molar-refractivity contribution in [3.63, 3.8) is 0 Å². The number of hydrogen-bond acceptors (Lipinski definition) is 0. The zero-order valence-electron chi connectivity index (χ0n) is 8.08. The Morgan fingerprint density at radius 3 is 2.33 bits per heavy atom. The normalized spacial score (nSPS) is 10.3. The van der Waals surface area contributed by atoms with Crippen molar-refractivity contribution in [3.8, 4) is 11.1 Å². The Kier molecular flexibility index (Phi) is 3.45. The van der Waals surface area contributed by atoms with Crippen LogP contribution in [0.2, 0.25) is 5.02 Å². The highest BCUT2D eigenvalue weighted by Gasteiger charge is 1.98. The highest BCUT2D eigenvalue weighted by molar-refractivity contribution is 9.08. The number of alkyl halides is 1. The van der Waals surface area contributed by atoms with Crippen LogP contribution in [0.4, 0.5) is 0 Å². The van der Waals surface area contributed by atoms with Crippen molar-refractivity contribution in [1.82, 2.24) is 0 Å². The van der Waals surface area contributed by atoms with Crippen LogP contribution in [-0.4, -0.2) is 0 Å². The molecule has 0 saturated heterocycles. The van der Waals surface area contributed by atoms with Gasteiger partial charge in [0.1, 0.15) is 0 Å². The summed E-state index contributed by atoms with van der Waals surface area (Å²) in [6, 6.07) is 16.4. The maximum atomic E-state index is 5.85. The highest BCUT2D eigenvalue weighted by Crippen LogP contribution is 2.23. The molecule has 0 fully saturated rings. The van der Waals surface area contributed by atoms with Crippen LogP contribution in [0.25, 0.3) is 11.1 Å². The van der Waals surface area contributed by atoms with E-state index < -0.39 is 0 Å². The predicted molar refractivity (Wildman–Crippen MR) is 69.5 cm³/mol. The van der Waals surface area contributed by atoms with Gasteiger partial charge in [-0.05, 0) is 28.8 Å². The SMILES string of the molecule is Clc1ccc(-c2cccc(CBr)c2)cc1. The van der Waals surface area contributed by atoms with Crippen LogP contribution in [0.1, 0.15) is 5.56 Å². The van der Waals surface area contributed by atoms with Gasteiger partial charge in [-0.25, -0.2) is 0 Å². The molecule has 2 aromatic carbocycles. The van der Waals surface area contributed by atoms with E-state index >= 15 is 0 Å². The highest BCUT2D eigenvalue weighted by atomic mass is 79.9. The summed E-state index contributed by atoms with van der Waals surface area (Å²) in [5.74, 6) is 0. The zero-order chi connectivity index (χ0) is 10.7. The van der Waals surface area contributed by atoms with Gasteiger partial charge in [-0.15, -0.1) is 0 Å². The van der Waals surface area contributed by atoms with Crippen LogP contribution in [0.15, 0.2) is 48.5 Å². The van der Waals surface area contributed by atoms with Crippen LogP contribution in [0, 0.1) is 0 Å². The maximum Gasteiger partial charge on any atom is 0.0406 e. The van der Waals surface area contributed by atoms with E-state index in [0.29, 0.717) is 0 Å². The fourth-order valence-electron chi connectivity index (χ4n) is 1.48. The monoisotopic (exact) mass is 280 g/mol. The third kappa shape index (κ3) is 2.61. The number of rotatable bonds is 2. The first-order valence-corrected chi connectivity index (χ1v) is 6.20. The number of benzene rings is 2. The molecular weight excluding hydrogens is 272 g/mol. The van der Waals surface area contributed by atoms with E-state index in [-0.39, 0.29) is 0 Å². The molecule has 0 radical (unpaired) electrons. The molecule has 0 aliphatic rings. The molecule has 0 atom stereocenters. The van der Waals surface area contributed by atoms with E-state index in [4.69, 9.17) is 11.6 Å². The van der Waals surface area contributed by atoms with E-state index in [9.17, 15) is 0 Å². The van der Waals surface area contributed by atoms with E-state index in [2.05, 4.69) is 40.2 Å². The second-order valence-electron chi connectivity index (χ2n) is 3.34. The number of halogens is 2. The average molecular weight is 282 g/mol. The zero-order valence-corrected chi connectivity index (χ0v) is 10.4. The predicted octanol–water partition coefficient (Wildman–Crippen LogP) is 4.90. The van der Waals surface area contributed by atoms with Gasteiger partial charge in [-0.3, -0.25) is 0 Å². The van der Waals surface area contributed by atoms with Gasteiger partial charge in [0.05, 0.1) is 0 Å². The molecule has 0 heterocycles. The Balaban J connectivity index is 2.40. The van der Waals surface area contributed by atoms with Gasteiger partial charge in [0.15, 0.2) is 0 Å². The molecular formula is C13H10BrCl. The summed E-state index contributed by atoms with van der Waals surface area (Å²) in [5, 5.41) is 1.66. The minimum Gasteiger partial charge on any atom is -0.0876 e. The first kappa shape index (κ1) is 10.7. The third-order valence-corrected chi connectivity index (χ3v) is 3.16. The lowest BCUT2D eigenvalue weighted by molar-refractivity contribution is 1.43. The van der Waals surface area contributed by atoms with Crippen molar-refractivity contribution >= 4 is 27.5 Å². The smallest absolute Gasteiger partial charge is 0.0406 e. The van der Waals surface area contributed by atoms with Gasteiger partial charge in [0, 0.05) is 10.4 Å². The summed E-state index contributed by atoms with van der Waals surface area (Å²) < 4.78 is 0. The van der Waals surface area contributed by atoms with Crippen molar-refractivity contribution in [1.29, 1.82) is 0 Å². The summed E-state index contributed by atoms with van der Waals surface area (Å²) in [5.41, 5.74) is 3.70. The molecule has 0 saturated carbocycles. The Bertz CT molecular complexity index is 448. The fraction of sp³-hybridized carbons (Fsp3) is 0.0769. The third-order valence-electron chi connectivity index (χ3n) is 2.26. The second kappa shape index (κ2) is 4.82.